The van der Waals surface area contributed by atoms with Crippen molar-refractivity contribution >= 4 is 11.7 Å². The van der Waals surface area contributed by atoms with Crippen LogP contribution in [0.2, 0.25) is 0 Å². The number of hydrogen-bond donors (Lipinski definition) is 3. The Kier molecular flexibility index (Phi) is 6.30. The molecule has 1 aliphatic carbocycles. The van der Waals surface area contributed by atoms with E-state index in [9.17, 15) is 18.0 Å². The molecule has 0 atom stereocenters. The molecule has 0 aromatic heterocycles. The predicted octanol–water partition coefficient (Wildman–Crippen LogP) is 3.30. The van der Waals surface area contributed by atoms with Gasteiger partial charge in [0.2, 0.25) is 0 Å². The van der Waals surface area contributed by atoms with Gasteiger partial charge in [-0.1, -0.05) is 6.07 Å². The molecule has 1 saturated carbocycles. The van der Waals surface area contributed by atoms with Crippen molar-refractivity contribution in [3.8, 4) is 5.75 Å². The van der Waals surface area contributed by atoms with Crippen molar-refractivity contribution in [2.45, 2.75) is 37.9 Å². The number of benzene rings is 1. The number of halogens is 3. The van der Waals surface area contributed by atoms with Crippen LogP contribution < -0.4 is 15.4 Å². The summed E-state index contributed by atoms with van der Waals surface area (Å²) in [5.74, 6) is 0.335. The van der Waals surface area contributed by atoms with Gasteiger partial charge in [-0.3, -0.25) is 0 Å². The van der Waals surface area contributed by atoms with E-state index >= 15 is 0 Å². The van der Waals surface area contributed by atoms with Crippen molar-refractivity contribution in [2.24, 2.45) is 5.92 Å². The number of anilines is 1. The number of ether oxygens (including phenoxy) is 1. The van der Waals surface area contributed by atoms with E-state index in [0.29, 0.717) is 11.6 Å². The SMILES string of the molecule is O=C(Nc1cccc(OCC(F)(F)F)c1)NC1CCC(CO)CC1. The molecule has 1 aromatic rings. The highest BCUT2D eigenvalue weighted by atomic mass is 19.4. The molecule has 2 rings (SSSR count). The van der Waals surface area contributed by atoms with Crippen LogP contribution in [-0.4, -0.2) is 36.6 Å². The van der Waals surface area contributed by atoms with Crippen LogP contribution >= 0.6 is 0 Å². The Morgan fingerprint density at radius 2 is 1.96 bits per heavy atom. The molecule has 1 aliphatic rings. The van der Waals surface area contributed by atoms with Crippen molar-refractivity contribution in [1.29, 1.82) is 0 Å². The van der Waals surface area contributed by atoms with Gasteiger partial charge in [-0.2, -0.15) is 13.2 Å². The maximum absolute atomic E-state index is 12.1. The summed E-state index contributed by atoms with van der Waals surface area (Å²) in [6.07, 6.45) is -1.08. The first kappa shape index (κ1) is 18.4. The molecule has 8 heteroatoms. The Morgan fingerprint density at radius 1 is 1.25 bits per heavy atom. The number of urea groups is 1. The maximum Gasteiger partial charge on any atom is 0.422 e. The quantitative estimate of drug-likeness (QED) is 0.766. The van der Waals surface area contributed by atoms with Crippen molar-refractivity contribution in [2.75, 3.05) is 18.5 Å². The molecular weight excluding hydrogens is 325 g/mol. The van der Waals surface area contributed by atoms with Crippen LogP contribution in [0.1, 0.15) is 25.7 Å². The number of hydrogen-bond acceptors (Lipinski definition) is 3. The fraction of sp³-hybridized carbons (Fsp3) is 0.562. The molecular formula is C16H21F3N2O3. The summed E-state index contributed by atoms with van der Waals surface area (Å²) >= 11 is 0. The highest BCUT2D eigenvalue weighted by Crippen LogP contribution is 2.24. The second kappa shape index (κ2) is 8.23. The molecule has 134 valence electrons. The van der Waals surface area contributed by atoms with E-state index in [1.54, 1.807) is 6.07 Å². The number of carbonyl (C=O) groups is 1. The van der Waals surface area contributed by atoms with Gasteiger partial charge in [0.1, 0.15) is 5.75 Å². The number of aliphatic hydroxyl groups is 1. The summed E-state index contributed by atoms with van der Waals surface area (Å²) in [5.41, 5.74) is 0.358. The lowest BCUT2D eigenvalue weighted by Gasteiger charge is -2.27. The van der Waals surface area contributed by atoms with Crippen LogP contribution in [-0.2, 0) is 0 Å². The first-order chi connectivity index (χ1) is 11.4. The summed E-state index contributed by atoms with van der Waals surface area (Å²) < 4.78 is 41.1. The largest absolute Gasteiger partial charge is 0.484 e. The molecule has 0 aliphatic heterocycles. The van der Waals surface area contributed by atoms with Gasteiger partial charge in [0.05, 0.1) is 0 Å². The minimum absolute atomic E-state index is 0.0357. The summed E-state index contributed by atoms with van der Waals surface area (Å²) in [5, 5.41) is 14.5. The Balaban J connectivity index is 1.81. The Morgan fingerprint density at radius 3 is 2.58 bits per heavy atom. The molecule has 0 heterocycles. The van der Waals surface area contributed by atoms with Gasteiger partial charge >= 0.3 is 12.2 Å². The lowest BCUT2D eigenvalue weighted by molar-refractivity contribution is -0.153. The van der Waals surface area contributed by atoms with Crippen molar-refractivity contribution < 1.29 is 27.8 Å². The fourth-order valence-corrected chi connectivity index (χ4v) is 2.67. The van der Waals surface area contributed by atoms with Crippen LogP contribution in [0, 0.1) is 5.92 Å². The number of nitrogens with one attached hydrogen (secondary N) is 2. The van der Waals surface area contributed by atoms with Crippen molar-refractivity contribution in [1.82, 2.24) is 5.32 Å². The predicted molar refractivity (Wildman–Crippen MR) is 83.0 cm³/mol. The van der Waals surface area contributed by atoms with Crippen molar-refractivity contribution in [3.05, 3.63) is 24.3 Å². The van der Waals surface area contributed by atoms with Gasteiger partial charge < -0.3 is 20.5 Å². The molecule has 1 fully saturated rings. The first-order valence-electron chi connectivity index (χ1n) is 7.83. The minimum atomic E-state index is -4.41. The van der Waals surface area contributed by atoms with Crippen molar-refractivity contribution in [3.63, 3.8) is 0 Å². The van der Waals surface area contributed by atoms with E-state index in [-0.39, 0.29) is 18.4 Å². The molecule has 0 bridgehead atoms. The number of alkyl halides is 3. The number of amides is 2. The average molecular weight is 346 g/mol. The molecule has 5 nitrogen and oxygen atoms in total. The molecule has 0 radical (unpaired) electrons. The van der Waals surface area contributed by atoms with Gasteiger partial charge in [0.25, 0.3) is 0 Å². The summed E-state index contributed by atoms with van der Waals surface area (Å²) in [6, 6.07) is 5.45. The number of rotatable bonds is 5. The average Bonchev–Trinajstić information content (AvgIpc) is 2.53. The van der Waals surface area contributed by atoms with Crippen LogP contribution in [0.4, 0.5) is 23.7 Å². The Labute approximate surface area is 138 Å². The Hall–Kier alpha value is -1.96. The van der Waals surface area contributed by atoms with Crippen LogP contribution in [0.5, 0.6) is 5.75 Å². The lowest BCUT2D eigenvalue weighted by atomic mass is 9.87. The summed E-state index contributed by atoms with van der Waals surface area (Å²) in [6.45, 7) is -1.21. The van der Waals surface area contributed by atoms with Gasteiger partial charge in [-0.05, 0) is 43.7 Å². The highest BCUT2D eigenvalue weighted by molar-refractivity contribution is 5.89. The second-order valence-electron chi connectivity index (χ2n) is 5.93. The lowest BCUT2D eigenvalue weighted by Crippen LogP contribution is -2.40. The van der Waals surface area contributed by atoms with E-state index in [2.05, 4.69) is 15.4 Å². The third kappa shape index (κ3) is 6.27. The molecule has 0 spiro atoms. The van der Waals surface area contributed by atoms with Gasteiger partial charge in [0, 0.05) is 24.4 Å². The zero-order chi connectivity index (χ0) is 17.6. The van der Waals surface area contributed by atoms with Gasteiger partial charge in [-0.15, -0.1) is 0 Å². The molecule has 3 N–H and O–H groups in total. The summed E-state index contributed by atoms with van der Waals surface area (Å²) in [7, 11) is 0. The maximum atomic E-state index is 12.1. The second-order valence-corrected chi connectivity index (χ2v) is 5.93. The van der Waals surface area contributed by atoms with E-state index in [4.69, 9.17) is 5.11 Å². The smallest absolute Gasteiger partial charge is 0.422 e. The van der Waals surface area contributed by atoms with E-state index in [1.165, 1.54) is 18.2 Å². The molecule has 2 amide bonds. The topological polar surface area (TPSA) is 70.6 Å². The van der Waals surface area contributed by atoms with Gasteiger partial charge in [-0.25, -0.2) is 4.79 Å². The summed E-state index contributed by atoms with van der Waals surface area (Å²) in [4.78, 5) is 12.0. The molecule has 24 heavy (non-hydrogen) atoms. The monoisotopic (exact) mass is 346 g/mol. The third-order valence-electron chi connectivity index (χ3n) is 3.93. The third-order valence-corrected chi connectivity index (χ3v) is 3.93. The molecule has 0 saturated heterocycles. The molecule has 1 aromatic carbocycles. The van der Waals surface area contributed by atoms with E-state index in [0.717, 1.165) is 25.7 Å². The molecule has 0 unspecified atom stereocenters. The Bertz CT molecular complexity index is 544. The zero-order valence-corrected chi connectivity index (χ0v) is 13.1. The first-order valence-corrected chi connectivity index (χ1v) is 7.83. The standard InChI is InChI=1S/C16H21F3N2O3/c17-16(18,19)10-24-14-3-1-2-13(8-14)21-15(23)20-12-6-4-11(9-22)5-7-12/h1-3,8,11-12,22H,4-7,9-10H2,(H2,20,21,23). The van der Waals surface area contributed by atoms with E-state index in [1.807, 2.05) is 0 Å². The number of aliphatic hydroxyl groups excluding tert-OH is 1. The minimum Gasteiger partial charge on any atom is -0.484 e. The van der Waals surface area contributed by atoms with Crippen LogP contribution in [0.3, 0.4) is 0 Å². The zero-order valence-electron chi connectivity index (χ0n) is 13.1. The fourth-order valence-electron chi connectivity index (χ4n) is 2.67. The van der Waals surface area contributed by atoms with E-state index < -0.39 is 18.8 Å². The van der Waals surface area contributed by atoms with Crippen LogP contribution in [0.15, 0.2) is 24.3 Å². The highest BCUT2D eigenvalue weighted by Gasteiger charge is 2.28. The van der Waals surface area contributed by atoms with Gasteiger partial charge in [0.15, 0.2) is 6.61 Å². The number of carbonyl (C=O) groups excluding carboxylic acids is 1. The van der Waals surface area contributed by atoms with Crippen LogP contribution in [0.25, 0.3) is 0 Å². The normalized spacial score (nSPS) is 21.2.